The minimum atomic E-state index is 0.855. The van der Waals surface area contributed by atoms with Crippen LogP contribution in [0.2, 0.25) is 12.1 Å². The quantitative estimate of drug-likeness (QED) is 0.135. The molecule has 0 aliphatic heterocycles. The number of hydrogen-bond acceptors (Lipinski definition) is 0. The van der Waals surface area contributed by atoms with Gasteiger partial charge in [-0.3, -0.25) is 0 Å². The van der Waals surface area contributed by atoms with E-state index in [0.29, 0.717) is 0 Å². The second kappa shape index (κ2) is 20.3. The zero-order chi connectivity index (χ0) is 21.0. The molecule has 0 fully saturated rings. The van der Waals surface area contributed by atoms with Crippen molar-refractivity contribution in [1.82, 2.24) is 0 Å². The third kappa shape index (κ3) is 18.1. The molecule has 0 N–H and O–H groups in total. The van der Waals surface area contributed by atoms with Crippen LogP contribution in [-0.4, -0.2) is 7.28 Å². The normalized spacial score (nSPS) is 14.0. The van der Waals surface area contributed by atoms with Gasteiger partial charge in [0.1, 0.15) is 7.28 Å². The fraction of sp³-hybridized carbons (Fsp3) is 1.00. The van der Waals surface area contributed by atoms with Gasteiger partial charge in [0.25, 0.3) is 0 Å². The highest BCUT2D eigenvalue weighted by Crippen LogP contribution is 2.27. The van der Waals surface area contributed by atoms with Crippen molar-refractivity contribution in [3.63, 3.8) is 0 Å². The lowest BCUT2D eigenvalue weighted by Gasteiger charge is -2.22. The summed E-state index contributed by atoms with van der Waals surface area (Å²) in [5.41, 5.74) is 0. The van der Waals surface area contributed by atoms with Gasteiger partial charge in [0.15, 0.2) is 0 Å². The number of unbranched alkanes of at least 4 members (excludes halogenated alkanes) is 9. The molecule has 0 saturated heterocycles. The van der Waals surface area contributed by atoms with Crippen LogP contribution in [0.5, 0.6) is 0 Å². The van der Waals surface area contributed by atoms with Gasteiger partial charge in [-0.15, -0.1) is 0 Å². The molecule has 28 heavy (non-hydrogen) atoms. The molecule has 0 aliphatic rings. The zero-order valence-electron chi connectivity index (χ0n) is 20.9. The van der Waals surface area contributed by atoms with Crippen molar-refractivity contribution in [3.8, 4) is 0 Å². The summed E-state index contributed by atoms with van der Waals surface area (Å²) in [6.07, 6.45) is 24.3. The minimum Gasteiger partial charge on any atom is -0.0800 e. The van der Waals surface area contributed by atoms with Gasteiger partial charge >= 0.3 is 0 Å². The van der Waals surface area contributed by atoms with Gasteiger partial charge in [-0.2, -0.15) is 0 Å². The fourth-order valence-corrected chi connectivity index (χ4v) is 4.62. The van der Waals surface area contributed by atoms with Crippen molar-refractivity contribution in [2.75, 3.05) is 0 Å². The second-order valence-electron chi connectivity index (χ2n) is 10.3. The molecule has 0 aromatic heterocycles. The third-order valence-corrected chi connectivity index (χ3v) is 6.60. The standard InChI is InChI=1S/C27H56B/c1-7-9-11-12-13-17-20-27(28-22-10-8-2)21-18-15-14-16-19-26(25(5)6)23-24(3)4/h24-27H,7-23H2,1-6H3. The molecule has 167 valence electrons. The average molecular weight is 392 g/mol. The van der Waals surface area contributed by atoms with Gasteiger partial charge in [-0.05, 0) is 24.2 Å². The molecule has 0 aliphatic carbocycles. The van der Waals surface area contributed by atoms with Crippen LogP contribution in [0.15, 0.2) is 0 Å². The van der Waals surface area contributed by atoms with Crippen LogP contribution in [-0.2, 0) is 0 Å². The molecule has 1 radical (unpaired) electrons. The van der Waals surface area contributed by atoms with E-state index in [4.69, 9.17) is 0 Å². The van der Waals surface area contributed by atoms with Crippen LogP contribution < -0.4 is 0 Å². The number of rotatable bonds is 21. The molecular formula is C27H56B. The highest BCUT2D eigenvalue weighted by Gasteiger charge is 2.14. The monoisotopic (exact) mass is 391 g/mol. The Morgan fingerprint density at radius 1 is 0.571 bits per heavy atom. The first-order chi connectivity index (χ1) is 13.5. The first kappa shape index (κ1) is 28.1. The molecule has 0 nitrogen and oxygen atoms in total. The van der Waals surface area contributed by atoms with Crippen molar-refractivity contribution in [2.45, 2.75) is 156 Å². The number of hydrogen-bond donors (Lipinski definition) is 0. The molecule has 0 spiro atoms. The van der Waals surface area contributed by atoms with Gasteiger partial charge in [0.2, 0.25) is 0 Å². The van der Waals surface area contributed by atoms with Gasteiger partial charge in [0, 0.05) is 0 Å². The van der Waals surface area contributed by atoms with Crippen LogP contribution in [0.4, 0.5) is 0 Å². The van der Waals surface area contributed by atoms with Crippen LogP contribution in [0, 0.1) is 17.8 Å². The topological polar surface area (TPSA) is 0 Å². The van der Waals surface area contributed by atoms with Crippen molar-refractivity contribution < 1.29 is 0 Å². The predicted molar refractivity (Wildman–Crippen MR) is 133 cm³/mol. The van der Waals surface area contributed by atoms with Gasteiger partial charge in [0.05, 0.1) is 0 Å². The predicted octanol–water partition coefficient (Wildman–Crippen LogP) is 10.1. The van der Waals surface area contributed by atoms with Crippen molar-refractivity contribution in [3.05, 3.63) is 0 Å². The minimum absolute atomic E-state index is 0.855. The average Bonchev–Trinajstić information content (AvgIpc) is 2.65. The lowest BCUT2D eigenvalue weighted by atomic mass is 9.57. The van der Waals surface area contributed by atoms with E-state index in [1.807, 2.05) is 0 Å². The van der Waals surface area contributed by atoms with Crippen LogP contribution in [0.3, 0.4) is 0 Å². The Bertz CT molecular complexity index is 297. The van der Waals surface area contributed by atoms with Crippen molar-refractivity contribution in [1.29, 1.82) is 0 Å². The van der Waals surface area contributed by atoms with Gasteiger partial charge < -0.3 is 0 Å². The maximum Gasteiger partial charge on any atom is 0.113 e. The Morgan fingerprint density at radius 3 is 1.57 bits per heavy atom. The Labute approximate surface area is 181 Å². The summed E-state index contributed by atoms with van der Waals surface area (Å²) in [5, 5.41) is 0. The molecular weight excluding hydrogens is 335 g/mol. The molecule has 0 amide bonds. The van der Waals surface area contributed by atoms with E-state index in [1.54, 1.807) is 0 Å². The van der Waals surface area contributed by atoms with E-state index in [0.717, 1.165) is 23.6 Å². The summed E-state index contributed by atoms with van der Waals surface area (Å²) in [6, 6.07) is 0. The first-order valence-corrected chi connectivity index (χ1v) is 13.3. The smallest absolute Gasteiger partial charge is 0.0800 e. The Balaban J connectivity index is 3.91. The van der Waals surface area contributed by atoms with E-state index >= 15 is 0 Å². The molecule has 0 heterocycles. The highest BCUT2D eigenvalue weighted by molar-refractivity contribution is 6.37. The van der Waals surface area contributed by atoms with Crippen LogP contribution in [0.1, 0.15) is 144 Å². The Morgan fingerprint density at radius 2 is 1.07 bits per heavy atom. The van der Waals surface area contributed by atoms with Gasteiger partial charge in [-0.1, -0.05) is 150 Å². The van der Waals surface area contributed by atoms with Crippen LogP contribution in [0.25, 0.3) is 0 Å². The molecule has 1 heteroatoms. The summed E-state index contributed by atoms with van der Waals surface area (Å²) in [6.45, 7) is 14.2. The molecule has 0 aromatic carbocycles. The maximum absolute atomic E-state index is 2.69. The highest BCUT2D eigenvalue weighted by atomic mass is 14.2. The lowest BCUT2D eigenvalue weighted by Crippen LogP contribution is -2.11. The maximum atomic E-state index is 2.69. The first-order valence-electron chi connectivity index (χ1n) is 13.3. The van der Waals surface area contributed by atoms with Crippen molar-refractivity contribution >= 4 is 7.28 Å². The second-order valence-corrected chi connectivity index (χ2v) is 10.3. The molecule has 0 bridgehead atoms. The lowest BCUT2D eigenvalue weighted by molar-refractivity contribution is 0.289. The zero-order valence-corrected chi connectivity index (χ0v) is 20.9. The van der Waals surface area contributed by atoms with E-state index in [2.05, 4.69) is 48.8 Å². The summed E-state index contributed by atoms with van der Waals surface area (Å²) < 4.78 is 0. The molecule has 0 aromatic rings. The van der Waals surface area contributed by atoms with Crippen LogP contribution >= 0.6 is 0 Å². The van der Waals surface area contributed by atoms with Gasteiger partial charge in [-0.25, -0.2) is 0 Å². The third-order valence-electron chi connectivity index (χ3n) is 6.60. The largest absolute Gasteiger partial charge is 0.113 e. The molecule has 0 saturated carbocycles. The molecule has 0 rings (SSSR count). The Kier molecular flexibility index (Phi) is 20.4. The summed E-state index contributed by atoms with van der Waals surface area (Å²) in [5.74, 6) is 3.57. The van der Waals surface area contributed by atoms with E-state index in [1.165, 1.54) is 109 Å². The summed E-state index contributed by atoms with van der Waals surface area (Å²) in [4.78, 5) is 0. The Hall–Kier alpha value is 0.0649. The SMILES string of the molecule is CCCC[B]C(CCCCCCCC)CCCCCCC(CC(C)C)C(C)C. The summed E-state index contributed by atoms with van der Waals surface area (Å²) >= 11 is 0. The van der Waals surface area contributed by atoms with Crippen molar-refractivity contribution in [2.24, 2.45) is 17.8 Å². The van der Waals surface area contributed by atoms with E-state index in [9.17, 15) is 0 Å². The van der Waals surface area contributed by atoms with E-state index in [-0.39, 0.29) is 0 Å². The van der Waals surface area contributed by atoms with E-state index < -0.39 is 0 Å². The molecule has 2 unspecified atom stereocenters. The summed E-state index contributed by atoms with van der Waals surface area (Å²) in [7, 11) is 2.69. The molecule has 2 atom stereocenters. The fourth-order valence-electron chi connectivity index (χ4n) is 4.62.